The van der Waals surface area contributed by atoms with Crippen molar-refractivity contribution in [1.29, 1.82) is 0 Å². The van der Waals surface area contributed by atoms with E-state index in [1.54, 1.807) is 0 Å². The SMILES string of the molecule is O=C(NCCCCCO)c1cnc2ccccc2n1. The molecule has 1 amide bonds. The summed E-state index contributed by atoms with van der Waals surface area (Å²) >= 11 is 0. The standard InChI is InChI=1S/C14H17N3O2/c18-9-5-1-4-8-15-14(19)13-10-16-11-6-2-3-7-12(11)17-13/h2-3,6-7,10,18H,1,4-5,8-9H2,(H,15,19). The van der Waals surface area contributed by atoms with Crippen LogP contribution in [-0.2, 0) is 0 Å². The van der Waals surface area contributed by atoms with E-state index in [0.29, 0.717) is 12.2 Å². The van der Waals surface area contributed by atoms with Crippen LogP contribution in [-0.4, -0.2) is 34.1 Å². The average molecular weight is 259 g/mol. The summed E-state index contributed by atoms with van der Waals surface area (Å²) in [4.78, 5) is 20.3. The number of nitrogens with one attached hydrogen (secondary N) is 1. The number of fused-ring (bicyclic) bond motifs is 1. The Labute approximate surface area is 111 Å². The third-order valence-corrected chi connectivity index (χ3v) is 2.80. The maximum absolute atomic E-state index is 11.9. The van der Waals surface area contributed by atoms with Crippen LogP contribution in [0.3, 0.4) is 0 Å². The Bertz CT molecular complexity index is 557. The van der Waals surface area contributed by atoms with Crippen LogP contribution < -0.4 is 5.32 Å². The van der Waals surface area contributed by atoms with Gasteiger partial charge in [0.25, 0.3) is 5.91 Å². The Morgan fingerprint density at radius 1 is 1.16 bits per heavy atom. The molecule has 2 aromatic rings. The summed E-state index contributed by atoms with van der Waals surface area (Å²) in [6.45, 7) is 0.789. The summed E-state index contributed by atoms with van der Waals surface area (Å²) in [5.41, 5.74) is 1.83. The van der Waals surface area contributed by atoms with E-state index in [1.165, 1.54) is 6.20 Å². The zero-order chi connectivity index (χ0) is 13.5. The molecule has 0 bridgehead atoms. The van der Waals surface area contributed by atoms with Gasteiger partial charge in [-0.3, -0.25) is 9.78 Å². The Morgan fingerprint density at radius 2 is 1.95 bits per heavy atom. The van der Waals surface area contributed by atoms with Gasteiger partial charge in [0.1, 0.15) is 5.69 Å². The molecule has 0 aliphatic rings. The molecule has 100 valence electrons. The van der Waals surface area contributed by atoms with Crippen LogP contribution in [0, 0.1) is 0 Å². The van der Waals surface area contributed by atoms with Crippen molar-refractivity contribution in [2.75, 3.05) is 13.2 Å². The molecule has 1 aromatic heterocycles. The molecule has 0 radical (unpaired) electrons. The van der Waals surface area contributed by atoms with Gasteiger partial charge in [0, 0.05) is 13.2 Å². The minimum Gasteiger partial charge on any atom is -0.396 e. The molecule has 0 saturated carbocycles. The molecular weight excluding hydrogens is 242 g/mol. The first-order valence-electron chi connectivity index (χ1n) is 6.42. The van der Waals surface area contributed by atoms with Crippen LogP contribution >= 0.6 is 0 Å². The number of carbonyl (C=O) groups excluding carboxylic acids is 1. The Hall–Kier alpha value is -2.01. The molecule has 0 spiro atoms. The maximum Gasteiger partial charge on any atom is 0.271 e. The van der Waals surface area contributed by atoms with Gasteiger partial charge < -0.3 is 10.4 Å². The molecule has 0 aliphatic heterocycles. The monoisotopic (exact) mass is 259 g/mol. The van der Waals surface area contributed by atoms with Gasteiger partial charge in [0.15, 0.2) is 0 Å². The van der Waals surface area contributed by atoms with E-state index in [4.69, 9.17) is 5.11 Å². The van der Waals surface area contributed by atoms with Gasteiger partial charge in [-0.25, -0.2) is 4.98 Å². The second-order valence-electron chi connectivity index (χ2n) is 4.28. The Kier molecular flexibility index (Phi) is 4.80. The number of aliphatic hydroxyl groups excluding tert-OH is 1. The number of aliphatic hydroxyl groups is 1. The smallest absolute Gasteiger partial charge is 0.271 e. The number of unbranched alkanes of at least 4 members (excludes halogenated alkanes) is 2. The van der Waals surface area contributed by atoms with Crippen molar-refractivity contribution in [2.45, 2.75) is 19.3 Å². The zero-order valence-electron chi connectivity index (χ0n) is 10.7. The number of aromatic nitrogens is 2. The lowest BCUT2D eigenvalue weighted by molar-refractivity contribution is 0.0948. The normalized spacial score (nSPS) is 10.6. The van der Waals surface area contributed by atoms with E-state index in [2.05, 4.69) is 15.3 Å². The van der Waals surface area contributed by atoms with Crippen molar-refractivity contribution in [1.82, 2.24) is 15.3 Å². The van der Waals surface area contributed by atoms with Crippen molar-refractivity contribution in [3.8, 4) is 0 Å². The fraction of sp³-hybridized carbons (Fsp3) is 0.357. The number of hydrogen-bond donors (Lipinski definition) is 2. The number of nitrogens with zero attached hydrogens (tertiary/aromatic N) is 2. The molecule has 0 fully saturated rings. The summed E-state index contributed by atoms with van der Waals surface area (Å²) < 4.78 is 0. The van der Waals surface area contributed by atoms with E-state index in [1.807, 2.05) is 24.3 Å². The Balaban J connectivity index is 1.93. The van der Waals surface area contributed by atoms with Crippen molar-refractivity contribution in [3.63, 3.8) is 0 Å². The van der Waals surface area contributed by atoms with Crippen molar-refractivity contribution in [3.05, 3.63) is 36.2 Å². The molecule has 0 saturated heterocycles. The van der Waals surface area contributed by atoms with E-state index in [0.717, 1.165) is 30.3 Å². The molecule has 19 heavy (non-hydrogen) atoms. The third-order valence-electron chi connectivity index (χ3n) is 2.80. The molecular formula is C14H17N3O2. The van der Waals surface area contributed by atoms with E-state index in [-0.39, 0.29) is 12.5 Å². The first-order chi connectivity index (χ1) is 9.31. The minimum atomic E-state index is -0.206. The van der Waals surface area contributed by atoms with Gasteiger partial charge >= 0.3 is 0 Å². The van der Waals surface area contributed by atoms with Crippen LogP contribution in [0.5, 0.6) is 0 Å². The molecule has 0 aliphatic carbocycles. The Morgan fingerprint density at radius 3 is 2.74 bits per heavy atom. The number of benzene rings is 1. The minimum absolute atomic E-state index is 0.199. The fourth-order valence-corrected chi connectivity index (χ4v) is 1.77. The lowest BCUT2D eigenvalue weighted by atomic mass is 10.2. The largest absolute Gasteiger partial charge is 0.396 e. The number of rotatable bonds is 6. The highest BCUT2D eigenvalue weighted by atomic mass is 16.2. The lowest BCUT2D eigenvalue weighted by Crippen LogP contribution is -2.25. The first kappa shape index (κ1) is 13.4. The maximum atomic E-state index is 11.9. The number of hydrogen-bond acceptors (Lipinski definition) is 4. The van der Waals surface area contributed by atoms with Crippen LogP contribution in [0.4, 0.5) is 0 Å². The molecule has 1 aromatic carbocycles. The van der Waals surface area contributed by atoms with Crippen LogP contribution in [0.1, 0.15) is 29.8 Å². The number of para-hydroxylation sites is 2. The first-order valence-corrected chi connectivity index (χ1v) is 6.42. The quantitative estimate of drug-likeness (QED) is 0.771. The van der Waals surface area contributed by atoms with Gasteiger partial charge in [-0.1, -0.05) is 12.1 Å². The van der Waals surface area contributed by atoms with Crippen LogP contribution in [0.2, 0.25) is 0 Å². The summed E-state index contributed by atoms with van der Waals surface area (Å²) in [7, 11) is 0. The highest BCUT2D eigenvalue weighted by Gasteiger charge is 2.07. The highest BCUT2D eigenvalue weighted by molar-refractivity contribution is 5.93. The molecule has 0 atom stereocenters. The zero-order valence-corrected chi connectivity index (χ0v) is 10.7. The van der Waals surface area contributed by atoms with Gasteiger partial charge in [-0.05, 0) is 31.4 Å². The predicted octanol–water partition coefficient (Wildman–Crippen LogP) is 1.52. The van der Waals surface area contributed by atoms with Crippen LogP contribution in [0.25, 0.3) is 11.0 Å². The van der Waals surface area contributed by atoms with Gasteiger partial charge in [0.05, 0.1) is 17.2 Å². The lowest BCUT2D eigenvalue weighted by Gasteiger charge is -2.04. The van der Waals surface area contributed by atoms with Crippen LogP contribution in [0.15, 0.2) is 30.5 Å². The van der Waals surface area contributed by atoms with Gasteiger partial charge in [-0.2, -0.15) is 0 Å². The van der Waals surface area contributed by atoms with Crippen molar-refractivity contribution in [2.24, 2.45) is 0 Å². The number of amides is 1. The molecule has 2 rings (SSSR count). The van der Waals surface area contributed by atoms with E-state index in [9.17, 15) is 4.79 Å². The fourth-order valence-electron chi connectivity index (χ4n) is 1.77. The number of carbonyl (C=O) groups is 1. The molecule has 2 N–H and O–H groups in total. The molecule has 1 heterocycles. The summed E-state index contributed by atoms with van der Waals surface area (Å²) in [6, 6.07) is 7.45. The summed E-state index contributed by atoms with van der Waals surface area (Å²) in [5, 5.41) is 11.4. The molecule has 0 unspecified atom stereocenters. The topological polar surface area (TPSA) is 75.1 Å². The summed E-state index contributed by atoms with van der Waals surface area (Å²) in [6.07, 6.45) is 4.02. The van der Waals surface area contributed by atoms with E-state index < -0.39 is 0 Å². The predicted molar refractivity (Wildman–Crippen MR) is 72.8 cm³/mol. The van der Waals surface area contributed by atoms with Gasteiger partial charge in [0.2, 0.25) is 0 Å². The van der Waals surface area contributed by atoms with Gasteiger partial charge in [-0.15, -0.1) is 0 Å². The van der Waals surface area contributed by atoms with Crippen molar-refractivity contribution >= 4 is 16.9 Å². The second-order valence-corrected chi connectivity index (χ2v) is 4.28. The van der Waals surface area contributed by atoms with Crippen molar-refractivity contribution < 1.29 is 9.90 Å². The van der Waals surface area contributed by atoms with E-state index >= 15 is 0 Å². The second kappa shape index (κ2) is 6.80. The highest BCUT2D eigenvalue weighted by Crippen LogP contribution is 2.08. The molecule has 5 nitrogen and oxygen atoms in total. The summed E-state index contributed by atoms with van der Waals surface area (Å²) in [5.74, 6) is -0.206. The third kappa shape index (κ3) is 3.72. The average Bonchev–Trinajstić information content (AvgIpc) is 2.46. The molecule has 5 heteroatoms.